The first-order valence-corrected chi connectivity index (χ1v) is 15.1. The van der Waals surface area contributed by atoms with Crippen molar-refractivity contribution in [3.8, 4) is 0 Å². The molecule has 0 saturated carbocycles. The predicted octanol–water partition coefficient (Wildman–Crippen LogP) is 5.31. The number of nitrogens with one attached hydrogen (secondary N) is 2. The highest BCUT2D eigenvalue weighted by molar-refractivity contribution is 6.30. The topological polar surface area (TPSA) is 125 Å². The van der Waals surface area contributed by atoms with Gasteiger partial charge in [0, 0.05) is 43.8 Å². The lowest BCUT2D eigenvalue weighted by atomic mass is 9.88. The molecule has 0 aliphatic carbocycles. The summed E-state index contributed by atoms with van der Waals surface area (Å²) in [5.74, 6) is 0.249. The van der Waals surface area contributed by atoms with Crippen molar-refractivity contribution >= 4 is 29.9 Å². The number of rotatable bonds is 11. The average molecular weight is 612 g/mol. The zero-order chi connectivity index (χ0) is 30.5. The number of halogens is 1. The van der Waals surface area contributed by atoms with Crippen LogP contribution in [0.4, 0.5) is 14.4 Å². The van der Waals surface area contributed by atoms with Crippen molar-refractivity contribution in [1.82, 2.24) is 15.5 Å². The third kappa shape index (κ3) is 11.9. The van der Waals surface area contributed by atoms with Gasteiger partial charge in [-0.25, -0.2) is 14.4 Å². The average Bonchev–Trinajstić information content (AvgIpc) is 2.95. The molecule has 0 radical (unpaired) electrons. The minimum Gasteiger partial charge on any atom is -0.453 e. The van der Waals surface area contributed by atoms with Gasteiger partial charge in [0.05, 0.1) is 25.9 Å². The second kappa shape index (κ2) is 16.8. The van der Waals surface area contributed by atoms with Crippen LogP contribution in [0.5, 0.6) is 0 Å². The Balaban J connectivity index is 1.61. The van der Waals surface area contributed by atoms with Gasteiger partial charge in [-0.05, 0) is 76.5 Å². The summed E-state index contributed by atoms with van der Waals surface area (Å²) >= 11 is 6.28. The molecule has 3 rings (SSSR count). The van der Waals surface area contributed by atoms with E-state index in [2.05, 4.69) is 15.4 Å². The lowest BCUT2D eigenvalue weighted by molar-refractivity contribution is -0.0156. The van der Waals surface area contributed by atoms with Gasteiger partial charge < -0.3 is 39.2 Å². The maximum absolute atomic E-state index is 13.2. The van der Waals surface area contributed by atoms with Crippen LogP contribution >= 0.6 is 11.6 Å². The largest absolute Gasteiger partial charge is 0.453 e. The summed E-state index contributed by atoms with van der Waals surface area (Å²) in [6.45, 7) is 8.34. The Labute approximate surface area is 253 Å². The number of carbonyl (C=O) groups excluding carboxylic acids is 3. The number of carbonyl (C=O) groups is 3. The normalized spacial score (nSPS) is 20.6. The molecule has 3 amide bonds. The fourth-order valence-corrected chi connectivity index (χ4v) is 5.52. The molecule has 0 aromatic heterocycles. The van der Waals surface area contributed by atoms with Crippen molar-refractivity contribution in [2.45, 2.75) is 70.6 Å². The van der Waals surface area contributed by atoms with Gasteiger partial charge in [0.2, 0.25) is 0 Å². The molecular formula is C30H46ClN3O8. The van der Waals surface area contributed by atoms with E-state index in [-0.39, 0.29) is 37.7 Å². The van der Waals surface area contributed by atoms with Crippen LogP contribution in [0.25, 0.3) is 0 Å². The van der Waals surface area contributed by atoms with E-state index in [0.29, 0.717) is 31.1 Å². The molecule has 2 unspecified atom stereocenters. The smallest absolute Gasteiger partial charge is 0.409 e. The molecule has 12 heteroatoms. The highest BCUT2D eigenvalue weighted by atomic mass is 35.5. The van der Waals surface area contributed by atoms with E-state index in [1.807, 2.05) is 18.2 Å². The van der Waals surface area contributed by atoms with Crippen LogP contribution in [0, 0.1) is 11.8 Å². The second-order valence-corrected chi connectivity index (χ2v) is 12.3. The molecule has 4 atom stereocenters. The summed E-state index contributed by atoms with van der Waals surface area (Å²) in [5.41, 5.74) is 0.260. The molecule has 0 bridgehead atoms. The minimum atomic E-state index is -0.640. The molecule has 2 fully saturated rings. The van der Waals surface area contributed by atoms with E-state index < -0.39 is 29.9 Å². The van der Waals surface area contributed by atoms with Crippen molar-refractivity contribution in [2.75, 3.05) is 53.2 Å². The lowest BCUT2D eigenvalue weighted by Gasteiger charge is -2.37. The number of hydrogen-bond acceptors (Lipinski definition) is 8. The molecule has 11 nitrogen and oxygen atoms in total. The standard InChI is InChI=1S/C30H46ClN3O8/c1-30(2,3)42-28(36)33-25(16-21-8-7-14-39-19-21)20-41-29(37)34-13-6-10-23(18-34)26(22-9-5-11-24(31)17-22)40-15-12-32-27(35)38-4/h5,9,11,17,21,23,25-26H,6-8,10,12-16,18-20H2,1-4H3,(H,32,35)(H,33,36)/t21-,23?,25-,26?/m1/s1. The van der Waals surface area contributed by atoms with Gasteiger partial charge in [-0.3, -0.25) is 0 Å². The summed E-state index contributed by atoms with van der Waals surface area (Å²) in [6, 6.07) is 7.07. The zero-order valence-corrected chi connectivity index (χ0v) is 26.0. The lowest BCUT2D eigenvalue weighted by Crippen LogP contribution is -2.46. The van der Waals surface area contributed by atoms with Gasteiger partial charge in [0.1, 0.15) is 12.2 Å². The summed E-state index contributed by atoms with van der Waals surface area (Å²) in [7, 11) is 1.31. The molecular weight excluding hydrogens is 566 g/mol. The quantitative estimate of drug-likeness (QED) is 0.255. The van der Waals surface area contributed by atoms with Crippen LogP contribution in [0.1, 0.15) is 64.5 Å². The molecule has 2 aliphatic rings. The van der Waals surface area contributed by atoms with Gasteiger partial charge in [-0.2, -0.15) is 0 Å². The van der Waals surface area contributed by atoms with Gasteiger partial charge in [0.25, 0.3) is 0 Å². The summed E-state index contributed by atoms with van der Waals surface area (Å²) in [5, 5.41) is 6.10. The van der Waals surface area contributed by atoms with Crippen LogP contribution in [0.2, 0.25) is 5.02 Å². The fraction of sp³-hybridized carbons (Fsp3) is 0.700. The number of methoxy groups -OCH3 is 1. The monoisotopic (exact) mass is 611 g/mol. The first kappa shape index (κ1) is 33.7. The molecule has 0 spiro atoms. The zero-order valence-electron chi connectivity index (χ0n) is 25.2. The van der Waals surface area contributed by atoms with Gasteiger partial charge >= 0.3 is 18.3 Å². The second-order valence-electron chi connectivity index (χ2n) is 11.9. The van der Waals surface area contributed by atoms with Crippen LogP contribution in [-0.4, -0.2) is 88.0 Å². The van der Waals surface area contributed by atoms with Crippen LogP contribution in [0.15, 0.2) is 24.3 Å². The first-order valence-electron chi connectivity index (χ1n) is 14.7. The van der Waals surface area contributed by atoms with E-state index in [9.17, 15) is 14.4 Å². The Morgan fingerprint density at radius 2 is 1.98 bits per heavy atom. The molecule has 2 N–H and O–H groups in total. The van der Waals surface area contributed by atoms with Gasteiger partial charge in [-0.15, -0.1) is 0 Å². The highest BCUT2D eigenvalue weighted by Gasteiger charge is 2.33. The Hall–Kier alpha value is -2.76. The van der Waals surface area contributed by atoms with Crippen molar-refractivity contribution < 1.29 is 38.1 Å². The maximum atomic E-state index is 13.2. The number of nitrogens with zero attached hydrogens (tertiary/aromatic N) is 1. The first-order chi connectivity index (χ1) is 20.0. The third-order valence-corrected chi connectivity index (χ3v) is 7.41. The Bertz CT molecular complexity index is 1010. The molecule has 2 aliphatic heterocycles. The van der Waals surface area contributed by atoms with Gasteiger partial charge in [-0.1, -0.05) is 23.7 Å². The highest BCUT2D eigenvalue weighted by Crippen LogP contribution is 2.34. The SMILES string of the molecule is COC(=O)NCCOC(c1cccc(Cl)c1)C1CCCN(C(=O)OC[C@@H](C[C@H]2CCCOC2)NC(=O)OC(C)(C)C)C1. The van der Waals surface area contributed by atoms with Gasteiger partial charge in [0.15, 0.2) is 0 Å². The van der Waals surface area contributed by atoms with E-state index in [4.69, 9.17) is 30.5 Å². The van der Waals surface area contributed by atoms with Crippen molar-refractivity contribution in [3.05, 3.63) is 34.9 Å². The molecule has 236 valence electrons. The Morgan fingerprint density at radius 1 is 1.17 bits per heavy atom. The van der Waals surface area contributed by atoms with Crippen molar-refractivity contribution in [1.29, 1.82) is 0 Å². The van der Waals surface area contributed by atoms with E-state index >= 15 is 0 Å². The fourth-order valence-electron chi connectivity index (χ4n) is 5.32. The van der Waals surface area contributed by atoms with Crippen molar-refractivity contribution in [2.24, 2.45) is 11.8 Å². The van der Waals surface area contributed by atoms with E-state index in [0.717, 1.165) is 37.9 Å². The molecule has 42 heavy (non-hydrogen) atoms. The Morgan fingerprint density at radius 3 is 2.67 bits per heavy atom. The number of benzene rings is 1. The number of likely N-dealkylation sites (tertiary alicyclic amines) is 1. The number of amides is 3. The number of alkyl carbamates (subject to hydrolysis) is 2. The van der Waals surface area contributed by atoms with E-state index in [1.165, 1.54) is 7.11 Å². The Kier molecular flexibility index (Phi) is 13.5. The van der Waals surface area contributed by atoms with E-state index in [1.54, 1.807) is 31.7 Å². The molecule has 1 aromatic carbocycles. The third-order valence-electron chi connectivity index (χ3n) is 7.18. The summed E-state index contributed by atoms with van der Waals surface area (Å²) < 4.78 is 27.7. The van der Waals surface area contributed by atoms with Crippen molar-refractivity contribution in [3.63, 3.8) is 0 Å². The van der Waals surface area contributed by atoms with Crippen LogP contribution in [-0.2, 0) is 23.7 Å². The summed E-state index contributed by atoms with van der Waals surface area (Å²) in [6.07, 6.45) is 2.36. The number of ether oxygens (including phenoxy) is 5. The molecule has 2 heterocycles. The predicted molar refractivity (Wildman–Crippen MR) is 158 cm³/mol. The van der Waals surface area contributed by atoms with Crippen LogP contribution < -0.4 is 10.6 Å². The minimum absolute atomic E-state index is 0.0158. The molecule has 2 saturated heterocycles. The molecule has 1 aromatic rings. The summed E-state index contributed by atoms with van der Waals surface area (Å²) in [4.78, 5) is 38.9. The van der Waals surface area contributed by atoms with Crippen LogP contribution in [0.3, 0.4) is 0 Å². The maximum Gasteiger partial charge on any atom is 0.409 e. The number of hydrogen-bond donors (Lipinski definition) is 2. The number of piperidine rings is 1.